The number of carbonyl (C=O) groups excluding carboxylic acids is 2. The van der Waals surface area contributed by atoms with Gasteiger partial charge < -0.3 is 14.2 Å². The number of furan rings is 1. The zero-order valence-corrected chi connectivity index (χ0v) is 16.3. The van der Waals surface area contributed by atoms with Crippen LogP contribution in [0.4, 0.5) is 15.2 Å². The number of nitrogens with one attached hydrogen (secondary N) is 1. The summed E-state index contributed by atoms with van der Waals surface area (Å²) in [4.78, 5) is 32.6. The molecular formula is C20H19FN4O3S. The number of piperazine rings is 1. The Bertz CT molecular complexity index is 997. The monoisotopic (exact) mass is 414 g/mol. The highest BCUT2D eigenvalue weighted by Gasteiger charge is 2.23. The topological polar surface area (TPSA) is 78.7 Å². The molecule has 29 heavy (non-hydrogen) atoms. The molecular weight excluding hydrogens is 395 g/mol. The van der Waals surface area contributed by atoms with E-state index in [9.17, 15) is 14.0 Å². The lowest BCUT2D eigenvalue weighted by Gasteiger charge is -2.36. The third-order valence-corrected chi connectivity index (χ3v) is 5.48. The molecule has 0 unspecified atom stereocenters. The van der Waals surface area contributed by atoms with Crippen molar-refractivity contribution < 1.29 is 18.4 Å². The van der Waals surface area contributed by atoms with Crippen LogP contribution in [0.2, 0.25) is 0 Å². The summed E-state index contributed by atoms with van der Waals surface area (Å²) in [6.07, 6.45) is 1.58. The first-order chi connectivity index (χ1) is 14.1. The summed E-state index contributed by atoms with van der Waals surface area (Å²) >= 11 is 1.26. The molecule has 9 heteroatoms. The fourth-order valence-corrected chi connectivity index (χ4v) is 3.89. The standard InChI is InChI=1S/C20H19FN4O3S/c21-15-4-1-2-5-16(15)24-7-9-25(10-8-24)18(26)12-14-13-29-20(22-14)23-19(27)17-6-3-11-28-17/h1-6,11,13H,7-10,12H2,(H,22,23,27). The molecule has 1 aromatic carbocycles. The van der Waals surface area contributed by atoms with E-state index in [0.29, 0.717) is 42.7 Å². The van der Waals surface area contributed by atoms with Crippen LogP contribution in [0, 0.1) is 5.82 Å². The van der Waals surface area contributed by atoms with E-state index in [0.717, 1.165) is 0 Å². The Morgan fingerprint density at radius 2 is 1.93 bits per heavy atom. The molecule has 2 amide bonds. The van der Waals surface area contributed by atoms with Crippen LogP contribution < -0.4 is 10.2 Å². The van der Waals surface area contributed by atoms with Gasteiger partial charge in [0, 0.05) is 31.6 Å². The number of nitrogens with zero attached hydrogens (tertiary/aromatic N) is 3. The number of aromatic nitrogens is 1. The zero-order valence-electron chi connectivity index (χ0n) is 15.5. The van der Waals surface area contributed by atoms with Gasteiger partial charge in [-0.1, -0.05) is 12.1 Å². The van der Waals surface area contributed by atoms with Crippen LogP contribution in [-0.2, 0) is 11.2 Å². The van der Waals surface area contributed by atoms with Crippen LogP contribution in [0.3, 0.4) is 0 Å². The summed E-state index contributed by atoms with van der Waals surface area (Å²) in [5.41, 5.74) is 1.17. The summed E-state index contributed by atoms with van der Waals surface area (Å²) in [6.45, 7) is 2.21. The normalized spacial score (nSPS) is 14.1. The summed E-state index contributed by atoms with van der Waals surface area (Å²) in [6, 6.07) is 9.86. The molecule has 1 aliphatic rings. The lowest BCUT2D eigenvalue weighted by Crippen LogP contribution is -2.49. The third-order valence-electron chi connectivity index (χ3n) is 4.68. The van der Waals surface area contributed by atoms with Gasteiger partial charge >= 0.3 is 0 Å². The van der Waals surface area contributed by atoms with Crippen molar-refractivity contribution in [1.82, 2.24) is 9.88 Å². The van der Waals surface area contributed by atoms with Crippen molar-refractivity contribution in [2.24, 2.45) is 0 Å². The van der Waals surface area contributed by atoms with E-state index in [2.05, 4.69) is 10.3 Å². The number of halogens is 1. The molecule has 0 aliphatic carbocycles. The van der Waals surface area contributed by atoms with E-state index in [4.69, 9.17) is 4.42 Å². The van der Waals surface area contributed by atoms with Crippen molar-refractivity contribution in [3.63, 3.8) is 0 Å². The zero-order chi connectivity index (χ0) is 20.2. The van der Waals surface area contributed by atoms with Crippen molar-refractivity contribution in [3.8, 4) is 0 Å². The van der Waals surface area contributed by atoms with Gasteiger partial charge in [-0.15, -0.1) is 11.3 Å². The fraction of sp³-hybridized carbons (Fsp3) is 0.250. The van der Waals surface area contributed by atoms with Crippen LogP contribution in [0.15, 0.2) is 52.5 Å². The number of rotatable bonds is 5. The summed E-state index contributed by atoms with van der Waals surface area (Å²) in [5.74, 6) is -0.469. The smallest absolute Gasteiger partial charge is 0.293 e. The predicted molar refractivity (Wildman–Crippen MR) is 108 cm³/mol. The van der Waals surface area contributed by atoms with Crippen LogP contribution in [0.5, 0.6) is 0 Å². The minimum absolute atomic E-state index is 0.0348. The van der Waals surface area contributed by atoms with Gasteiger partial charge in [0.25, 0.3) is 5.91 Å². The predicted octanol–water partition coefficient (Wildman–Crippen LogP) is 3.02. The lowest BCUT2D eigenvalue weighted by molar-refractivity contribution is -0.130. The number of anilines is 2. The van der Waals surface area contributed by atoms with Crippen molar-refractivity contribution >= 4 is 34.0 Å². The molecule has 0 radical (unpaired) electrons. The largest absolute Gasteiger partial charge is 0.459 e. The van der Waals surface area contributed by atoms with E-state index >= 15 is 0 Å². The summed E-state index contributed by atoms with van der Waals surface area (Å²) in [7, 11) is 0. The number of carbonyl (C=O) groups is 2. The van der Waals surface area contributed by atoms with Crippen molar-refractivity contribution in [1.29, 1.82) is 0 Å². The second-order valence-corrected chi connectivity index (χ2v) is 7.43. The summed E-state index contributed by atoms with van der Waals surface area (Å²) < 4.78 is 19.0. The molecule has 0 spiro atoms. The van der Waals surface area contributed by atoms with Crippen LogP contribution in [0.25, 0.3) is 0 Å². The number of benzene rings is 1. The Morgan fingerprint density at radius 1 is 1.14 bits per heavy atom. The highest BCUT2D eigenvalue weighted by atomic mass is 32.1. The minimum atomic E-state index is -0.383. The Kier molecular flexibility index (Phi) is 5.57. The van der Waals surface area contributed by atoms with E-state index in [1.807, 2.05) is 4.90 Å². The molecule has 1 saturated heterocycles. The van der Waals surface area contributed by atoms with Crippen LogP contribution >= 0.6 is 11.3 Å². The maximum absolute atomic E-state index is 13.9. The van der Waals surface area contributed by atoms with Gasteiger partial charge in [0.05, 0.1) is 24.1 Å². The first kappa shape index (κ1) is 19.1. The van der Waals surface area contributed by atoms with Crippen molar-refractivity contribution in [2.45, 2.75) is 6.42 Å². The summed E-state index contributed by atoms with van der Waals surface area (Å²) in [5, 5.41) is 4.82. The first-order valence-electron chi connectivity index (χ1n) is 9.16. The van der Waals surface area contributed by atoms with Crippen LogP contribution in [0.1, 0.15) is 16.2 Å². The van der Waals surface area contributed by atoms with Gasteiger partial charge in [0.15, 0.2) is 10.9 Å². The molecule has 0 saturated carbocycles. The molecule has 0 bridgehead atoms. The Balaban J connectivity index is 1.30. The maximum atomic E-state index is 13.9. The van der Waals surface area contributed by atoms with Gasteiger partial charge in [-0.2, -0.15) is 0 Å². The second-order valence-electron chi connectivity index (χ2n) is 6.57. The second kappa shape index (κ2) is 8.44. The maximum Gasteiger partial charge on any atom is 0.293 e. The average Bonchev–Trinajstić information content (AvgIpc) is 3.41. The molecule has 2 aromatic heterocycles. The highest BCUT2D eigenvalue weighted by Crippen LogP contribution is 2.21. The number of amides is 2. The number of hydrogen-bond donors (Lipinski definition) is 1. The van der Waals surface area contributed by atoms with Crippen molar-refractivity contribution in [3.05, 3.63) is 65.3 Å². The van der Waals surface area contributed by atoms with E-state index < -0.39 is 0 Å². The molecule has 1 fully saturated rings. The highest BCUT2D eigenvalue weighted by molar-refractivity contribution is 7.14. The van der Waals surface area contributed by atoms with Crippen LogP contribution in [-0.4, -0.2) is 47.9 Å². The minimum Gasteiger partial charge on any atom is -0.459 e. The quantitative estimate of drug-likeness (QED) is 0.694. The van der Waals surface area contributed by atoms with Gasteiger partial charge in [0.2, 0.25) is 5.91 Å². The lowest BCUT2D eigenvalue weighted by atomic mass is 10.2. The number of hydrogen-bond acceptors (Lipinski definition) is 6. The number of thiazole rings is 1. The van der Waals surface area contributed by atoms with Crippen molar-refractivity contribution in [2.75, 3.05) is 36.4 Å². The van der Waals surface area contributed by atoms with Gasteiger partial charge in [0.1, 0.15) is 5.82 Å². The molecule has 4 rings (SSSR count). The molecule has 150 valence electrons. The SMILES string of the molecule is O=C(Nc1nc(CC(=O)N2CCN(c3ccccc3F)CC2)cs1)c1ccco1. The fourth-order valence-electron chi connectivity index (χ4n) is 3.18. The molecule has 3 aromatic rings. The Morgan fingerprint density at radius 3 is 2.66 bits per heavy atom. The molecule has 0 atom stereocenters. The van der Waals surface area contributed by atoms with E-state index in [-0.39, 0.29) is 29.8 Å². The van der Waals surface area contributed by atoms with E-state index in [1.165, 1.54) is 23.7 Å². The first-order valence-corrected chi connectivity index (χ1v) is 10.0. The van der Waals surface area contributed by atoms with Gasteiger partial charge in [-0.25, -0.2) is 9.37 Å². The van der Waals surface area contributed by atoms with Gasteiger partial charge in [-0.3, -0.25) is 14.9 Å². The van der Waals surface area contributed by atoms with E-state index in [1.54, 1.807) is 40.6 Å². The number of para-hydroxylation sites is 1. The third kappa shape index (κ3) is 4.45. The molecule has 1 aliphatic heterocycles. The molecule has 1 N–H and O–H groups in total. The van der Waals surface area contributed by atoms with Gasteiger partial charge in [-0.05, 0) is 24.3 Å². The molecule has 3 heterocycles. The molecule has 7 nitrogen and oxygen atoms in total. The average molecular weight is 414 g/mol. The Hall–Kier alpha value is -3.20. The Labute approximate surface area is 170 Å².